The Morgan fingerprint density at radius 3 is 1.32 bits per heavy atom. The maximum atomic E-state index is 2.46. The molecule has 1 aromatic carbocycles. The first-order valence-corrected chi connectivity index (χ1v) is 19.3. The first kappa shape index (κ1) is 41.2. The molecule has 0 heterocycles. The summed E-state index contributed by atoms with van der Waals surface area (Å²) in [6.45, 7) is 34.7. The van der Waals surface area contributed by atoms with E-state index in [1.54, 1.807) is 6.42 Å². The lowest BCUT2D eigenvalue weighted by Crippen LogP contribution is -2.34. The average molecular weight is 611 g/mol. The summed E-state index contributed by atoms with van der Waals surface area (Å²) in [4.78, 5) is 0. The summed E-state index contributed by atoms with van der Waals surface area (Å²) in [6.07, 6.45) is 20.6. The molecule has 258 valence electrons. The fourth-order valence-corrected chi connectivity index (χ4v) is 8.48. The van der Waals surface area contributed by atoms with Gasteiger partial charge in [0.05, 0.1) is 0 Å². The molecule has 0 heteroatoms. The van der Waals surface area contributed by atoms with Crippen LogP contribution in [0.3, 0.4) is 0 Å². The van der Waals surface area contributed by atoms with E-state index >= 15 is 0 Å². The van der Waals surface area contributed by atoms with Crippen LogP contribution in [0.2, 0.25) is 0 Å². The van der Waals surface area contributed by atoms with Crippen LogP contribution >= 0.6 is 0 Å². The molecule has 2 atom stereocenters. The van der Waals surface area contributed by atoms with Crippen LogP contribution in [0.15, 0.2) is 24.3 Å². The molecule has 2 unspecified atom stereocenters. The summed E-state index contributed by atoms with van der Waals surface area (Å²) in [6, 6.07) is 8.94. The van der Waals surface area contributed by atoms with Crippen molar-refractivity contribution in [3.8, 4) is 0 Å². The van der Waals surface area contributed by atoms with Crippen LogP contribution in [0, 0.1) is 40.4 Å². The Kier molecular flexibility index (Phi) is 17.4. The molecule has 0 bridgehead atoms. The first-order valence-electron chi connectivity index (χ1n) is 19.3. The molecule has 3 aliphatic rings. The van der Waals surface area contributed by atoms with Gasteiger partial charge in [-0.05, 0) is 88.1 Å². The summed E-state index contributed by atoms with van der Waals surface area (Å²) >= 11 is 0. The highest BCUT2D eigenvalue weighted by Gasteiger charge is 2.38. The molecule has 3 aliphatic carbocycles. The van der Waals surface area contributed by atoms with E-state index in [0.29, 0.717) is 10.8 Å². The standard InChI is InChI=1S/C15H28.C14H22.C12H24.C3H8/c1-12-3-7-14(8-4-12)11-15-9-5-13(2)6-10-15;1-13(2,3)11-8-7-9-12(10-11)14(4,5)6;1-6-12(5)8-10(2)7-11(3,4)9-12;1-3-2/h12-15H,3-11H2,1-2H3;7-10H,1-6H3;10H,6-9H2,1-5H3;3H2,1-2H3. The predicted octanol–water partition coefficient (Wildman–Crippen LogP) is 15.0. The van der Waals surface area contributed by atoms with Crippen molar-refractivity contribution in [2.75, 3.05) is 0 Å². The van der Waals surface area contributed by atoms with E-state index in [-0.39, 0.29) is 10.8 Å². The third-order valence-electron chi connectivity index (χ3n) is 11.0. The molecular weight excluding hydrogens is 528 g/mol. The lowest BCUT2D eigenvalue weighted by molar-refractivity contribution is 0.0582. The van der Waals surface area contributed by atoms with Crippen molar-refractivity contribution >= 4 is 0 Å². The quantitative estimate of drug-likeness (QED) is 0.319. The van der Waals surface area contributed by atoms with Crippen LogP contribution in [-0.4, -0.2) is 0 Å². The second-order valence-electron chi connectivity index (χ2n) is 19.3. The van der Waals surface area contributed by atoms with Gasteiger partial charge in [0.2, 0.25) is 0 Å². The summed E-state index contributed by atoms with van der Waals surface area (Å²) in [5.74, 6) is 5.16. The van der Waals surface area contributed by atoms with Gasteiger partial charge in [-0.3, -0.25) is 0 Å². The molecule has 1 aromatic rings. The van der Waals surface area contributed by atoms with Crippen LogP contribution in [-0.2, 0) is 10.8 Å². The molecule has 0 nitrogen and oxygen atoms in total. The van der Waals surface area contributed by atoms with Crippen LogP contribution < -0.4 is 0 Å². The second kappa shape index (κ2) is 18.5. The van der Waals surface area contributed by atoms with E-state index < -0.39 is 0 Å². The maximum Gasteiger partial charge on any atom is -0.0132 e. The van der Waals surface area contributed by atoms with Crippen molar-refractivity contribution < 1.29 is 0 Å². The minimum Gasteiger partial charge on any atom is -0.0656 e. The van der Waals surface area contributed by atoms with E-state index in [9.17, 15) is 0 Å². The summed E-state index contributed by atoms with van der Waals surface area (Å²) in [5, 5.41) is 0. The molecule has 0 N–H and O–H groups in total. The van der Waals surface area contributed by atoms with Crippen molar-refractivity contribution in [2.45, 2.75) is 205 Å². The molecule has 44 heavy (non-hydrogen) atoms. The Balaban J connectivity index is 0.000000317. The van der Waals surface area contributed by atoms with E-state index in [4.69, 9.17) is 0 Å². The third-order valence-corrected chi connectivity index (χ3v) is 11.0. The monoisotopic (exact) mass is 611 g/mol. The summed E-state index contributed by atoms with van der Waals surface area (Å²) in [7, 11) is 0. The zero-order valence-corrected chi connectivity index (χ0v) is 33.1. The summed E-state index contributed by atoms with van der Waals surface area (Å²) in [5.41, 5.74) is 4.56. The van der Waals surface area contributed by atoms with Crippen LogP contribution in [0.1, 0.15) is 205 Å². The van der Waals surface area contributed by atoms with Gasteiger partial charge in [-0.2, -0.15) is 0 Å². The highest BCUT2D eigenvalue weighted by Crippen LogP contribution is 2.50. The van der Waals surface area contributed by atoms with Gasteiger partial charge in [0, 0.05) is 0 Å². The largest absolute Gasteiger partial charge is 0.0656 e. The van der Waals surface area contributed by atoms with Crippen LogP contribution in [0.5, 0.6) is 0 Å². The predicted molar refractivity (Wildman–Crippen MR) is 202 cm³/mol. The van der Waals surface area contributed by atoms with E-state index in [2.05, 4.69) is 128 Å². The number of benzene rings is 1. The topological polar surface area (TPSA) is 0 Å². The maximum absolute atomic E-state index is 2.46. The lowest BCUT2D eigenvalue weighted by Gasteiger charge is -2.45. The molecule has 0 aliphatic heterocycles. The van der Waals surface area contributed by atoms with Gasteiger partial charge in [-0.25, -0.2) is 0 Å². The molecule has 0 amide bonds. The van der Waals surface area contributed by atoms with Crippen molar-refractivity contribution in [3.63, 3.8) is 0 Å². The Morgan fingerprint density at radius 2 is 1.00 bits per heavy atom. The van der Waals surface area contributed by atoms with Gasteiger partial charge < -0.3 is 0 Å². The minimum atomic E-state index is 0.251. The zero-order chi connectivity index (χ0) is 33.8. The van der Waals surface area contributed by atoms with Gasteiger partial charge in [0.1, 0.15) is 0 Å². The Morgan fingerprint density at radius 1 is 0.614 bits per heavy atom. The van der Waals surface area contributed by atoms with Crippen molar-refractivity contribution in [3.05, 3.63) is 35.4 Å². The van der Waals surface area contributed by atoms with Gasteiger partial charge in [0.25, 0.3) is 0 Å². The van der Waals surface area contributed by atoms with Gasteiger partial charge >= 0.3 is 0 Å². The molecule has 0 saturated heterocycles. The first-order chi connectivity index (χ1) is 20.2. The Hall–Kier alpha value is -0.780. The smallest absolute Gasteiger partial charge is 0.0132 e. The lowest BCUT2D eigenvalue weighted by atomic mass is 9.60. The van der Waals surface area contributed by atoms with E-state index in [1.165, 1.54) is 94.6 Å². The molecule has 0 aromatic heterocycles. The fraction of sp³-hybridized carbons (Fsp3) is 0.864. The fourth-order valence-electron chi connectivity index (χ4n) is 8.48. The number of rotatable bonds is 3. The number of hydrogen-bond acceptors (Lipinski definition) is 0. The molecule has 4 rings (SSSR count). The zero-order valence-electron chi connectivity index (χ0n) is 33.1. The molecule has 0 radical (unpaired) electrons. The van der Waals surface area contributed by atoms with Crippen molar-refractivity contribution in [1.29, 1.82) is 0 Å². The molecule has 0 spiro atoms. The van der Waals surface area contributed by atoms with E-state index in [0.717, 1.165) is 29.6 Å². The SMILES string of the molecule is CC(C)(C)c1cccc(C(C)(C)C)c1.CC1CCC(CC2CCC(C)CC2)CC1.CCC.CCC1(C)CC(C)CC(C)(C)C1. The van der Waals surface area contributed by atoms with Gasteiger partial charge in [0.15, 0.2) is 0 Å². The second-order valence-corrected chi connectivity index (χ2v) is 19.3. The van der Waals surface area contributed by atoms with Crippen molar-refractivity contribution in [2.24, 2.45) is 40.4 Å². The van der Waals surface area contributed by atoms with Crippen LogP contribution in [0.25, 0.3) is 0 Å². The van der Waals surface area contributed by atoms with Crippen molar-refractivity contribution in [1.82, 2.24) is 0 Å². The molecule has 3 fully saturated rings. The minimum absolute atomic E-state index is 0.251. The highest BCUT2D eigenvalue weighted by atomic mass is 14.4. The normalized spacial score (nSPS) is 30.4. The Bertz CT molecular complexity index is 826. The van der Waals surface area contributed by atoms with E-state index in [1.807, 2.05) is 0 Å². The van der Waals surface area contributed by atoms with Crippen LogP contribution in [0.4, 0.5) is 0 Å². The summed E-state index contributed by atoms with van der Waals surface area (Å²) < 4.78 is 0. The molecular formula is C44H82. The average Bonchev–Trinajstić information content (AvgIpc) is 2.90. The third kappa shape index (κ3) is 16.2. The highest BCUT2D eigenvalue weighted by molar-refractivity contribution is 5.32. The molecule has 3 saturated carbocycles. The van der Waals surface area contributed by atoms with Gasteiger partial charge in [-0.1, -0.05) is 192 Å². The number of hydrogen-bond donors (Lipinski definition) is 0. The Labute approximate surface area is 279 Å². The van der Waals surface area contributed by atoms with Gasteiger partial charge in [-0.15, -0.1) is 0 Å².